The second-order valence-electron chi connectivity index (χ2n) is 10.9. The molecule has 38 heavy (non-hydrogen) atoms. The summed E-state index contributed by atoms with van der Waals surface area (Å²) in [5.74, 6) is -0.805. The van der Waals surface area contributed by atoms with E-state index < -0.39 is 35.0 Å². The molecule has 4 heteroatoms. The molecule has 0 heterocycles. The molecule has 0 saturated heterocycles. The van der Waals surface area contributed by atoms with Gasteiger partial charge in [0, 0.05) is 11.3 Å². The molecule has 0 bridgehead atoms. The van der Waals surface area contributed by atoms with E-state index in [9.17, 15) is 9.59 Å². The zero-order valence-electron chi connectivity index (χ0n) is 21.3. The van der Waals surface area contributed by atoms with Crippen LogP contribution >= 0.6 is 0 Å². The highest BCUT2D eigenvalue weighted by molar-refractivity contribution is 5.91. The third-order valence-corrected chi connectivity index (χ3v) is 9.12. The number of esters is 2. The number of hydrogen-bond donors (Lipinski definition) is 0. The van der Waals surface area contributed by atoms with Crippen molar-refractivity contribution >= 4 is 11.9 Å². The van der Waals surface area contributed by atoms with Gasteiger partial charge < -0.3 is 9.47 Å². The SMILES string of the molecule is CC(C)[C@@]12c3ccccc3[C@@]13c1ccccc1C3C(OC(=O)c1ccccc1)C2OC(=O)c1ccccc1. The molecule has 1 fully saturated rings. The summed E-state index contributed by atoms with van der Waals surface area (Å²) >= 11 is 0. The van der Waals surface area contributed by atoms with Gasteiger partial charge in [0.15, 0.2) is 6.10 Å². The molecule has 4 aromatic carbocycles. The topological polar surface area (TPSA) is 52.6 Å². The van der Waals surface area contributed by atoms with Crippen molar-refractivity contribution < 1.29 is 19.1 Å². The van der Waals surface area contributed by atoms with E-state index in [0.717, 1.165) is 5.56 Å². The van der Waals surface area contributed by atoms with Gasteiger partial charge in [-0.3, -0.25) is 0 Å². The monoisotopic (exact) mass is 500 g/mol. The van der Waals surface area contributed by atoms with Crippen molar-refractivity contribution in [3.05, 3.63) is 143 Å². The fraction of sp³-hybridized carbons (Fsp3) is 0.235. The van der Waals surface area contributed by atoms with Crippen molar-refractivity contribution in [1.82, 2.24) is 0 Å². The van der Waals surface area contributed by atoms with E-state index in [1.165, 1.54) is 16.7 Å². The quantitative estimate of drug-likeness (QED) is 0.296. The highest BCUT2D eigenvalue weighted by Gasteiger charge is 2.84. The normalized spacial score (nSPS) is 27.6. The van der Waals surface area contributed by atoms with Crippen LogP contribution in [-0.4, -0.2) is 24.1 Å². The van der Waals surface area contributed by atoms with Crippen LogP contribution in [0.15, 0.2) is 109 Å². The summed E-state index contributed by atoms with van der Waals surface area (Å²) < 4.78 is 12.9. The Bertz CT molecular complexity index is 1560. The number of rotatable bonds is 5. The lowest BCUT2D eigenvalue weighted by Gasteiger charge is -2.66. The second-order valence-corrected chi connectivity index (χ2v) is 10.9. The first-order chi connectivity index (χ1) is 18.5. The van der Waals surface area contributed by atoms with Crippen LogP contribution in [0.3, 0.4) is 0 Å². The van der Waals surface area contributed by atoms with Gasteiger partial charge in [-0.15, -0.1) is 0 Å². The van der Waals surface area contributed by atoms with Gasteiger partial charge in [-0.25, -0.2) is 9.59 Å². The molecule has 4 aromatic rings. The largest absolute Gasteiger partial charge is 0.454 e. The van der Waals surface area contributed by atoms with Crippen LogP contribution in [-0.2, 0) is 20.3 Å². The van der Waals surface area contributed by atoms with Crippen LogP contribution in [0.5, 0.6) is 0 Å². The summed E-state index contributed by atoms with van der Waals surface area (Å²) in [4.78, 5) is 27.1. The Hall–Kier alpha value is -4.18. The maximum Gasteiger partial charge on any atom is 0.338 e. The maximum atomic E-state index is 13.6. The van der Waals surface area contributed by atoms with Gasteiger partial charge in [-0.05, 0) is 52.4 Å². The Morgan fingerprint density at radius 3 is 1.74 bits per heavy atom. The molecule has 1 spiro atoms. The summed E-state index contributed by atoms with van der Waals surface area (Å²) in [6, 6.07) is 35.0. The molecule has 3 aliphatic carbocycles. The number of fused-ring (bicyclic) bond motifs is 4. The van der Waals surface area contributed by atoms with Gasteiger partial charge in [0.2, 0.25) is 0 Å². The Morgan fingerprint density at radius 2 is 1.13 bits per heavy atom. The molecule has 5 atom stereocenters. The molecular weight excluding hydrogens is 472 g/mol. The van der Waals surface area contributed by atoms with Gasteiger partial charge in [0.25, 0.3) is 0 Å². The van der Waals surface area contributed by atoms with Gasteiger partial charge in [0.05, 0.1) is 16.5 Å². The summed E-state index contributed by atoms with van der Waals surface area (Å²) in [6.07, 6.45) is -1.30. The van der Waals surface area contributed by atoms with Crippen LogP contribution < -0.4 is 0 Å². The number of carbonyl (C=O) groups excluding carboxylic acids is 2. The minimum atomic E-state index is -0.657. The van der Waals surface area contributed by atoms with E-state index in [0.29, 0.717) is 11.1 Å². The van der Waals surface area contributed by atoms with Crippen LogP contribution in [0.2, 0.25) is 0 Å². The van der Waals surface area contributed by atoms with Crippen LogP contribution in [0, 0.1) is 5.92 Å². The van der Waals surface area contributed by atoms with Crippen molar-refractivity contribution in [2.75, 3.05) is 0 Å². The molecule has 0 amide bonds. The third kappa shape index (κ3) is 2.65. The van der Waals surface area contributed by atoms with E-state index >= 15 is 0 Å². The fourth-order valence-corrected chi connectivity index (χ4v) is 7.95. The maximum absolute atomic E-state index is 13.6. The van der Waals surface area contributed by atoms with Crippen LogP contribution in [0.1, 0.15) is 62.7 Å². The van der Waals surface area contributed by atoms with E-state index in [1.54, 1.807) is 24.3 Å². The molecule has 1 saturated carbocycles. The first-order valence-corrected chi connectivity index (χ1v) is 13.2. The molecule has 0 aliphatic heterocycles. The standard InChI is InChI=1S/C34H28O4/c1-21(2)33-26-19-11-12-20-27(26)34(33)25-18-10-9-17-24(25)28(34)29(37-31(35)22-13-5-3-6-14-22)30(33)38-32(36)23-15-7-4-8-16-23/h3-21,28-30H,1-2H3/t28?,29?,30?,33-,34+/m0/s1. The Morgan fingerprint density at radius 1 is 0.632 bits per heavy atom. The van der Waals surface area contributed by atoms with Gasteiger partial charge >= 0.3 is 11.9 Å². The Kier molecular flexibility index (Phi) is 4.93. The molecule has 0 radical (unpaired) electrons. The second kappa shape index (κ2) is 8.16. The number of carbonyl (C=O) groups is 2. The highest BCUT2D eigenvalue weighted by atomic mass is 16.6. The molecule has 3 aliphatic rings. The minimum absolute atomic E-state index is 0.113. The smallest absolute Gasteiger partial charge is 0.338 e. The lowest BCUT2D eigenvalue weighted by atomic mass is 9.35. The summed E-state index contributed by atoms with van der Waals surface area (Å²) in [5, 5.41) is 0. The summed E-state index contributed by atoms with van der Waals surface area (Å²) in [7, 11) is 0. The number of hydrogen-bond acceptors (Lipinski definition) is 4. The predicted molar refractivity (Wildman–Crippen MR) is 144 cm³/mol. The minimum Gasteiger partial charge on any atom is -0.454 e. The van der Waals surface area contributed by atoms with Crippen molar-refractivity contribution in [2.45, 2.75) is 42.8 Å². The molecule has 0 N–H and O–H groups in total. The first kappa shape index (κ1) is 23.0. The van der Waals surface area contributed by atoms with Crippen molar-refractivity contribution in [1.29, 1.82) is 0 Å². The van der Waals surface area contributed by atoms with Crippen LogP contribution in [0.25, 0.3) is 0 Å². The summed E-state index contributed by atoms with van der Waals surface area (Å²) in [5.41, 5.74) is 4.88. The zero-order valence-corrected chi connectivity index (χ0v) is 21.3. The third-order valence-electron chi connectivity index (χ3n) is 9.12. The average molecular weight is 501 g/mol. The number of ether oxygens (including phenoxy) is 2. The lowest BCUT2D eigenvalue weighted by molar-refractivity contribution is -0.0563. The van der Waals surface area contributed by atoms with Gasteiger partial charge in [-0.2, -0.15) is 0 Å². The molecule has 0 aromatic heterocycles. The van der Waals surface area contributed by atoms with E-state index in [2.05, 4.69) is 56.3 Å². The van der Waals surface area contributed by atoms with Gasteiger partial charge in [-0.1, -0.05) is 98.8 Å². The molecule has 3 unspecified atom stereocenters. The van der Waals surface area contributed by atoms with E-state index in [4.69, 9.17) is 9.47 Å². The molecule has 188 valence electrons. The fourth-order valence-electron chi connectivity index (χ4n) is 7.95. The predicted octanol–water partition coefficient (Wildman–Crippen LogP) is 6.44. The molecule has 7 rings (SSSR count). The molecule has 4 nitrogen and oxygen atoms in total. The molecular formula is C34H28O4. The van der Waals surface area contributed by atoms with Crippen molar-refractivity contribution in [2.24, 2.45) is 5.92 Å². The number of benzene rings is 4. The highest BCUT2D eigenvalue weighted by Crippen LogP contribution is 2.80. The van der Waals surface area contributed by atoms with Gasteiger partial charge in [0.1, 0.15) is 6.10 Å². The van der Waals surface area contributed by atoms with Crippen molar-refractivity contribution in [3.8, 4) is 0 Å². The Balaban J connectivity index is 1.43. The average Bonchev–Trinajstić information content (AvgIpc) is 3.11. The zero-order chi connectivity index (χ0) is 26.1. The summed E-state index contributed by atoms with van der Waals surface area (Å²) in [6.45, 7) is 4.39. The first-order valence-electron chi connectivity index (χ1n) is 13.2. The van der Waals surface area contributed by atoms with E-state index in [-0.39, 0.29) is 11.8 Å². The lowest BCUT2D eigenvalue weighted by Crippen LogP contribution is -2.67. The van der Waals surface area contributed by atoms with Crippen LogP contribution in [0.4, 0.5) is 0 Å². The Labute approximate surface area is 222 Å². The van der Waals surface area contributed by atoms with E-state index in [1.807, 2.05) is 42.5 Å². The van der Waals surface area contributed by atoms with Crippen molar-refractivity contribution in [3.63, 3.8) is 0 Å².